The summed E-state index contributed by atoms with van der Waals surface area (Å²) >= 11 is 7.81. The Balaban J connectivity index is 1.65. The summed E-state index contributed by atoms with van der Waals surface area (Å²) in [5.41, 5.74) is 0. The fourth-order valence-corrected chi connectivity index (χ4v) is 3.69. The predicted molar refractivity (Wildman–Crippen MR) is 82.4 cm³/mol. The van der Waals surface area contributed by atoms with Crippen LogP contribution in [0.3, 0.4) is 0 Å². The molecule has 108 valence electrons. The van der Waals surface area contributed by atoms with Crippen LogP contribution in [0.15, 0.2) is 11.4 Å². The van der Waals surface area contributed by atoms with E-state index in [2.05, 4.69) is 21.8 Å². The summed E-state index contributed by atoms with van der Waals surface area (Å²) < 4.78 is 5.67. The largest absolute Gasteiger partial charge is 0.378 e. The van der Waals surface area contributed by atoms with Crippen molar-refractivity contribution in [1.82, 2.24) is 14.9 Å². The van der Waals surface area contributed by atoms with Crippen LogP contribution in [-0.2, 0) is 11.3 Å². The molecule has 3 rings (SSSR count). The molecule has 2 aromatic heterocycles. The zero-order chi connectivity index (χ0) is 13.9. The first-order valence-electron chi connectivity index (χ1n) is 7.00. The Morgan fingerprint density at radius 2 is 2.20 bits per heavy atom. The normalized spacial score (nSPS) is 17.9. The quantitative estimate of drug-likeness (QED) is 0.812. The molecule has 4 nitrogen and oxygen atoms in total. The number of halogens is 1. The van der Waals surface area contributed by atoms with Crippen molar-refractivity contribution in [3.8, 4) is 0 Å². The molecule has 1 aliphatic rings. The van der Waals surface area contributed by atoms with Gasteiger partial charge in [-0.2, -0.15) is 0 Å². The van der Waals surface area contributed by atoms with Crippen LogP contribution in [0.1, 0.15) is 25.6 Å². The van der Waals surface area contributed by atoms with Crippen molar-refractivity contribution in [1.29, 1.82) is 0 Å². The SMILES string of the molecule is CCOC1CCN(Cc2nc(Cl)c3ccsc3n2)CC1. The van der Waals surface area contributed by atoms with Gasteiger partial charge in [0.2, 0.25) is 0 Å². The maximum Gasteiger partial charge on any atom is 0.145 e. The van der Waals surface area contributed by atoms with Gasteiger partial charge >= 0.3 is 0 Å². The van der Waals surface area contributed by atoms with E-state index in [1.165, 1.54) is 0 Å². The van der Waals surface area contributed by atoms with Crippen molar-refractivity contribution < 1.29 is 4.74 Å². The van der Waals surface area contributed by atoms with Crippen LogP contribution < -0.4 is 0 Å². The Bertz CT molecular complexity index is 581. The highest BCUT2D eigenvalue weighted by molar-refractivity contribution is 7.16. The van der Waals surface area contributed by atoms with Crippen LogP contribution in [-0.4, -0.2) is 40.7 Å². The van der Waals surface area contributed by atoms with E-state index in [1.54, 1.807) is 11.3 Å². The lowest BCUT2D eigenvalue weighted by atomic mass is 10.1. The van der Waals surface area contributed by atoms with Gasteiger partial charge in [0, 0.05) is 25.1 Å². The molecule has 0 aliphatic carbocycles. The van der Waals surface area contributed by atoms with Crippen LogP contribution in [0.2, 0.25) is 5.15 Å². The predicted octanol–water partition coefficient (Wildman–Crippen LogP) is 3.35. The Morgan fingerprint density at radius 1 is 1.40 bits per heavy atom. The molecule has 1 saturated heterocycles. The summed E-state index contributed by atoms with van der Waals surface area (Å²) in [6.45, 7) is 5.70. The minimum atomic E-state index is 0.417. The lowest BCUT2D eigenvalue weighted by molar-refractivity contribution is 0.0120. The summed E-state index contributed by atoms with van der Waals surface area (Å²) in [6, 6.07) is 1.97. The molecule has 0 amide bonds. The van der Waals surface area contributed by atoms with Gasteiger partial charge in [-0.25, -0.2) is 9.97 Å². The summed E-state index contributed by atoms with van der Waals surface area (Å²) in [4.78, 5) is 12.4. The van der Waals surface area contributed by atoms with Crippen LogP contribution in [0.4, 0.5) is 0 Å². The van der Waals surface area contributed by atoms with Crippen LogP contribution in [0, 0.1) is 0 Å². The first kappa shape index (κ1) is 14.2. The molecule has 0 radical (unpaired) electrons. The second-order valence-electron chi connectivity index (χ2n) is 5.00. The topological polar surface area (TPSA) is 38.2 Å². The number of fused-ring (bicyclic) bond motifs is 1. The van der Waals surface area contributed by atoms with Gasteiger partial charge < -0.3 is 4.74 Å². The lowest BCUT2D eigenvalue weighted by Gasteiger charge is -2.31. The van der Waals surface area contributed by atoms with Crippen molar-refractivity contribution in [2.75, 3.05) is 19.7 Å². The molecule has 0 bridgehead atoms. The van der Waals surface area contributed by atoms with Crippen molar-refractivity contribution in [3.05, 3.63) is 22.4 Å². The number of nitrogens with zero attached hydrogens (tertiary/aromatic N) is 3. The Hall–Kier alpha value is -0.750. The van der Waals surface area contributed by atoms with Gasteiger partial charge in [-0.05, 0) is 31.2 Å². The van der Waals surface area contributed by atoms with Crippen LogP contribution in [0.25, 0.3) is 10.2 Å². The molecule has 0 spiro atoms. The van der Waals surface area contributed by atoms with E-state index in [0.717, 1.165) is 55.1 Å². The molecule has 6 heteroatoms. The second kappa shape index (κ2) is 6.35. The third-order valence-corrected chi connectivity index (χ3v) is 4.72. The number of hydrogen-bond acceptors (Lipinski definition) is 5. The van der Waals surface area contributed by atoms with Crippen LogP contribution >= 0.6 is 22.9 Å². The highest BCUT2D eigenvalue weighted by Crippen LogP contribution is 2.25. The van der Waals surface area contributed by atoms with Gasteiger partial charge in [0.05, 0.1) is 12.6 Å². The van der Waals surface area contributed by atoms with Gasteiger partial charge in [0.15, 0.2) is 0 Å². The molecule has 0 atom stereocenters. The van der Waals surface area contributed by atoms with E-state index in [4.69, 9.17) is 16.3 Å². The van der Waals surface area contributed by atoms with Crippen molar-refractivity contribution in [2.24, 2.45) is 0 Å². The van der Waals surface area contributed by atoms with Crippen molar-refractivity contribution in [3.63, 3.8) is 0 Å². The van der Waals surface area contributed by atoms with Gasteiger partial charge in [-0.3, -0.25) is 4.90 Å². The zero-order valence-electron chi connectivity index (χ0n) is 11.5. The van der Waals surface area contributed by atoms with E-state index in [1.807, 2.05) is 11.4 Å². The first-order chi connectivity index (χ1) is 9.76. The zero-order valence-corrected chi connectivity index (χ0v) is 13.1. The molecule has 2 aromatic rings. The number of thiophene rings is 1. The average molecular weight is 312 g/mol. The van der Waals surface area contributed by atoms with Gasteiger partial charge in [-0.15, -0.1) is 11.3 Å². The highest BCUT2D eigenvalue weighted by atomic mass is 35.5. The molecule has 1 aliphatic heterocycles. The third-order valence-electron chi connectivity index (χ3n) is 3.63. The van der Waals surface area contributed by atoms with Gasteiger partial charge in [0.25, 0.3) is 0 Å². The van der Waals surface area contributed by atoms with Crippen molar-refractivity contribution in [2.45, 2.75) is 32.4 Å². The van der Waals surface area contributed by atoms with Gasteiger partial charge in [-0.1, -0.05) is 11.6 Å². The Labute approximate surface area is 127 Å². The maximum atomic E-state index is 6.20. The van der Waals surface area contributed by atoms with Crippen LogP contribution in [0.5, 0.6) is 0 Å². The third kappa shape index (κ3) is 3.11. The van der Waals surface area contributed by atoms with Crippen molar-refractivity contribution >= 4 is 33.2 Å². The van der Waals surface area contributed by atoms with E-state index < -0.39 is 0 Å². The molecule has 0 saturated carbocycles. The number of hydrogen-bond donors (Lipinski definition) is 0. The Kier molecular flexibility index (Phi) is 4.51. The summed E-state index contributed by atoms with van der Waals surface area (Å²) in [5, 5.41) is 3.52. The number of piperidine rings is 1. The highest BCUT2D eigenvalue weighted by Gasteiger charge is 2.20. The summed E-state index contributed by atoms with van der Waals surface area (Å²) in [5.74, 6) is 0.819. The van der Waals surface area contributed by atoms with E-state index in [-0.39, 0.29) is 0 Å². The molecule has 1 fully saturated rings. The fraction of sp³-hybridized carbons (Fsp3) is 0.571. The van der Waals surface area contributed by atoms with Gasteiger partial charge in [0.1, 0.15) is 15.8 Å². The number of aromatic nitrogens is 2. The first-order valence-corrected chi connectivity index (χ1v) is 8.25. The molecular formula is C14H18ClN3OS. The molecular weight excluding hydrogens is 294 g/mol. The standard InChI is InChI=1S/C14H18ClN3OS/c1-2-19-10-3-6-18(7-4-10)9-12-16-13(15)11-5-8-20-14(11)17-12/h5,8,10H,2-4,6-7,9H2,1H3. The lowest BCUT2D eigenvalue weighted by Crippen LogP contribution is -2.37. The smallest absolute Gasteiger partial charge is 0.145 e. The monoisotopic (exact) mass is 311 g/mol. The van der Waals surface area contributed by atoms with E-state index >= 15 is 0 Å². The Morgan fingerprint density at radius 3 is 2.95 bits per heavy atom. The van der Waals surface area contributed by atoms with E-state index in [0.29, 0.717) is 11.3 Å². The molecule has 0 N–H and O–H groups in total. The average Bonchev–Trinajstić information content (AvgIpc) is 2.90. The maximum absolute atomic E-state index is 6.20. The molecule has 20 heavy (non-hydrogen) atoms. The number of rotatable bonds is 4. The molecule has 0 unspecified atom stereocenters. The summed E-state index contributed by atoms with van der Waals surface area (Å²) in [7, 11) is 0. The minimum Gasteiger partial charge on any atom is -0.378 e. The minimum absolute atomic E-state index is 0.417. The number of likely N-dealkylation sites (tertiary alicyclic amines) is 1. The number of ether oxygens (including phenoxy) is 1. The molecule has 3 heterocycles. The fourth-order valence-electron chi connectivity index (χ4n) is 2.60. The summed E-state index contributed by atoms with van der Waals surface area (Å²) in [6.07, 6.45) is 2.59. The van der Waals surface area contributed by atoms with E-state index in [9.17, 15) is 0 Å². The second-order valence-corrected chi connectivity index (χ2v) is 6.25. The molecule has 0 aromatic carbocycles.